The van der Waals surface area contributed by atoms with Crippen LogP contribution in [-0.2, 0) is 4.79 Å². The molecule has 2 aromatic heterocycles. The molecule has 1 atom stereocenters. The van der Waals surface area contributed by atoms with Crippen LogP contribution < -0.4 is 0 Å². The van der Waals surface area contributed by atoms with Crippen molar-refractivity contribution >= 4 is 27.9 Å². The molecule has 1 unspecified atom stereocenters. The monoisotopic (exact) mass is 272 g/mol. The molecule has 3 rings (SSSR count). The number of carbonyl (C=O) groups is 1. The highest BCUT2D eigenvalue weighted by molar-refractivity contribution is 6.04. The molecule has 3 aromatic rings. The van der Waals surface area contributed by atoms with E-state index in [9.17, 15) is 9.90 Å². The van der Waals surface area contributed by atoms with Crippen molar-refractivity contribution in [3.63, 3.8) is 0 Å². The van der Waals surface area contributed by atoms with Gasteiger partial charge in [0, 0.05) is 21.9 Å². The number of carboxylic acid groups (broad SMARTS) is 1. The second-order valence-electron chi connectivity index (χ2n) is 5.30. The van der Waals surface area contributed by atoms with Crippen LogP contribution in [0.5, 0.6) is 0 Å². The largest absolute Gasteiger partial charge is 0.481 e. The van der Waals surface area contributed by atoms with E-state index < -0.39 is 11.9 Å². The predicted molar refractivity (Wildman–Crippen MR) is 76.2 cm³/mol. The lowest BCUT2D eigenvalue weighted by atomic mass is 9.93. The fourth-order valence-electron chi connectivity index (χ4n) is 2.78. The Morgan fingerprint density at radius 1 is 1.05 bits per heavy atom. The van der Waals surface area contributed by atoms with Crippen LogP contribution in [0.4, 0.5) is 0 Å². The van der Waals surface area contributed by atoms with Crippen LogP contribution in [-0.4, -0.2) is 11.1 Å². The van der Waals surface area contributed by atoms with Gasteiger partial charge >= 0.3 is 5.97 Å². The summed E-state index contributed by atoms with van der Waals surface area (Å²) in [4.78, 5) is 11.4. The van der Waals surface area contributed by atoms with E-state index in [-0.39, 0.29) is 0 Å². The number of hydrogen-bond donors (Lipinski definition) is 1. The van der Waals surface area contributed by atoms with Crippen LogP contribution in [0.3, 0.4) is 0 Å². The summed E-state index contributed by atoms with van der Waals surface area (Å²) >= 11 is 0. The normalized spacial score (nSPS) is 13.2. The van der Waals surface area contributed by atoms with Crippen LogP contribution in [0.15, 0.2) is 21.0 Å². The third-order valence-corrected chi connectivity index (χ3v) is 3.79. The van der Waals surface area contributed by atoms with Gasteiger partial charge in [0.15, 0.2) is 0 Å². The van der Waals surface area contributed by atoms with Crippen molar-refractivity contribution in [2.75, 3.05) is 0 Å². The summed E-state index contributed by atoms with van der Waals surface area (Å²) in [5.74, 6) is 0.0186. The number of benzene rings is 1. The van der Waals surface area contributed by atoms with E-state index in [2.05, 4.69) is 0 Å². The minimum Gasteiger partial charge on any atom is -0.481 e. The summed E-state index contributed by atoms with van der Waals surface area (Å²) < 4.78 is 11.5. The molecule has 0 aliphatic carbocycles. The molecule has 0 radical (unpaired) electrons. The Morgan fingerprint density at radius 3 is 2.20 bits per heavy atom. The van der Waals surface area contributed by atoms with Gasteiger partial charge in [-0.25, -0.2) is 0 Å². The van der Waals surface area contributed by atoms with Crippen molar-refractivity contribution in [2.24, 2.45) is 0 Å². The van der Waals surface area contributed by atoms with Crippen molar-refractivity contribution in [1.82, 2.24) is 0 Å². The molecule has 0 saturated carbocycles. The van der Waals surface area contributed by atoms with E-state index in [1.54, 1.807) is 6.92 Å². The second-order valence-corrected chi connectivity index (χ2v) is 5.30. The third kappa shape index (κ3) is 1.64. The number of rotatable bonds is 2. The van der Waals surface area contributed by atoms with Gasteiger partial charge in [-0.15, -0.1) is 0 Å². The highest BCUT2D eigenvalue weighted by Gasteiger charge is 2.25. The standard InChI is InChI=1S/C16H16O4/c1-7-5-11-9(3)14-12(6-8(2)19-14)13(15(11)20-7)10(4)16(17)18/h5-6,10H,1-4H3,(H,17,18). The van der Waals surface area contributed by atoms with Crippen LogP contribution in [0.1, 0.15) is 35.5 Å². The summed E-state index contributed by atoms with van der Waals surface area (Å²) in [6.07, 6.45) is 0. The number of aryl methyl sites for hydroxylation is 3. The molecule has 20 heavy (non-hydrogen) atoms. The lowest BCUT2D eigenvalue weighted by Crippen LogP contribution is -2.08. The SMILES string of the molecule is Cc1cc2c(C(C)C(=O)O)c3oc(C)cc3c(C)c2o1. The first-order valence-electron chi connectivity index (χ1n) is 6.55. The highest BCUT2D eigenvalue weighted by Crippen LogP contribution is 2.39. The van der Waals surface area contributed by atoms with Crippen LogP contribution in [0, 0.1) is 20.8 Å². The molecule has 4 heteroatoms. The Morgan fingerprint density at radius 2 is 1.60 bits per heavy atom. The topological polar surface area (TPSA) is 63.6 Å². The van der Waals surface area contributed by atoms with Crippen LogP contribution >= 0.6 is 0 Å². The molecule has 2 heterocycles. The summed E-state index contributed by atoms with van der Waals surface area (Å²) in [5.41, 5.74) is 3.08. The van der Waals surface area contributed by atoms with E-state index in [0.717, 1.165) is 33.4 Å². The first-order chi connectivity index (χ1) is 9.40. The van der Waals surface area contributed by atoms with Gasteiger partial charge in [0.05, 0.1) is 5.92 Å². The maximum atomic E-state index is 11.4. The average Bonchev–Trinajstić information content (AvgIpc) is 2.92. The van der Waals surface area contributed by atoms with Gasteiger partial charge in [-0.2, -0.15) is 0 Å². The minimum absolute atomic E-state index is 0.650. The summed E-state index contributed by atoms with van der Waals surface area (Å²) in [5, 5.41) is 11.1. The van der Waals surface area contributed by atoms with Crippen molar-refractivity contribution in [3.05, 3.63) is 34.8 Å². The number of fused-ring (bicyclic) bond motifs is 2. The Bertz CT molecular complexity index is 778. The summed E-state index contributed by atoms with van der Waals surface area (Å²) in [6.45, 7) is 7.37. The highest BCUT2D eigenvalue weighted by atomic mass is 16.4. The Balaban J connectivity index is 2.54. The summed E-state index contributed by atoms with van der Waals surface area (Å²) in [7, 11) is 0. The first kappa shape index (κ1) is 12.8. The molecule has 0 fully saturated rings. The fraction of sp³-hybridized carbons (Fsp3) is 0.312. The average molecular weight is 272 g/mol. The lowest BCUT2D eigenvalue weighted by Gasteiger charge is -2.10. The Labute approximate surface area is 116 Å². The molecule has 1 N–H and O–H groups in total. The fourth-order valence-corrected chi connectivity index (χ4v) is 2.78. The lowest BCUT2D eigenvalue weighted by molar-refractivity contribution is -0.138. The quantitative estimate of drug-likeness (QED) is 0.755. The molecule has 0 aliphatic heterocycles. The van der Waals surface area contributed by atoms with E-state index >= 15 is 0 Å². The third-order valence-electron chi connectivity index (χ3n) is 3.79. The van der Waals surface area contributed by atoms with E-state index in [0.29, 0.717) is 11.1 Å². The van der Waals surface area contributed by atoms with E-state index in [1.807, 2.05) is 32.9 Å². The Kier molecular flexibility index (Phi) is 2.64. The van der Waals surface area contributed by atoms with E-state index in [4.69, 9.17) is 8.83 Å². The molecule has 4 nitrogen and oxygen atoms in total. The minimum atomic E-state index is -0.871. The molecule has 0 amide bonds. The predicted octanol–water partition coefficient (Wildman–Crippen LogP) is 4.29. The smallest absolute Gasteiger partial charge is 0.310 e. The van der Waals surface area contributed by atoms with E-state index in [1.165, 1.54) is 0 Å². The molecule has 0 aliphatic rings. The number of furan rings is 2. The molecule has 0 bridgehead atoms. The van der Waals surface area contributed by atoms with Gasteiger partial charge in [-0.05, 0) is 39.8 Å². The molecule has 0 spiro atoms. The molecule has 104 valence electrons. The van der Waals surface area contributed by atoms with Crippen molar-refractivity contribution in [1.29, 1.82) is 0 Å². The van der Waals surface area contributed by atoms with Crippen molar-refractivity contribution < 1.29 is 18.7 Å². The van der Waals surface area contributed by atoms with Gasteiger partial charge in [0.25, 0.3) is 0 Å². The molecule has 0 saturated heterocycles. The van der Waals surface area contributed by atoms with Crippen LogP contribution in [0.25, 0.3) is 21.9 Å². The second kappa shape index (κ2) is 4.13. The van der Waals surface area contributed by atoms with Gasteiger partial charge in [-0.1, -0.05) is 0 Å². The van der Waals surface area contributed by atoms with Crippen LogP contribution in [0.2, 0.25) is 0 Å². The molecular weight excluding hydrogens is 256 g/mol. The number of hydrogen-bond acceptors (Lipinski definition) is 3. The van der Waals surface area contributed by atoms with Crippen molar-refractivity contribution in [3.8, 4) is 0 Å². The molecule has 1 aromatic carbocycles. The zero-order valence-corrected chi connectivity index (χ0v) is 11.9. The number of carboxylic acids is 1. The van der Waals surface area contributed by atoms with Gasteiger partial charge in [-0.3, -0.25) is 4.79 Å². The zero-order valence-electron chi connectivity index (χ0n) is 11.9. The number of aliphatic carboxylic acids is 1. The van der Waals surface area contributed by atoms with Gasteiger partial charge in [0.2, 0.25) is 0 Å². The first-order valence-corrected chi connectivity index (χ1v) is 6.55. The zero-order chi connectivity index (χ0) is 14.6. The summed E-state index contributed by atoms with van der Waals surface area (Å²) in [6, 6.07) is 3.81. The Hall–Kier alpha value is -2.23. The molecular formula is C16H16O4. The van der Waals surface area contributed by atoms with Crippen molar-refractivity contribution in [2.45, 2.75) is 33.6 Å². The van der Waals surface area contributed by atoms with Gasteiger partial charge < -0.3 is 13.9 Å². The maximum Gasteiger partial charge on any atom is 0.310 e. The maximum absolute atomic E-state index is 11.4. The van der Waals surface area contributed by atoms with Gasteiger partial charge in [0.1, 0.15) is 22.7 Å².